The topological polar surface area (TPSA) is 86.8 Å². The summed E-state index contributed by atoms with van der Waals surface area (Å²) in [5.74, 6) is -0.909. The summed E-state index contributed by atoms with van der Waals surface area (Å²) in [6.45, 7) is 2.30. The maximum absolute atomic E-state index is 13.2. The van der Waals surface area contributed by atoms with Crippen LogP contribution < -0.4 is 9.62 Å². The number of hydrogen-bond acceptors (Lipinski definition) is 4. The Bertz CT molecular complexity index is 1010. The highest BCUT2D eigenvalue weighted by Crippen LogP contribution is 2.19. The highest BCUT2D eigenvalue weighted by Gasteiger charge is 2.27. The van der Waals surface area contributed by atoms with E-state index in [9.17, 15) is 22.4 Å². The van der Waals surface area contributed by atoms with E-state index < -0.39 is 21.9 Å². The van der Waals surface area contributed by atoms with Crippen LogP contribution in [0, 0.1) is 5.82 Å². The molecule has 0 bridgehead atoms. The second-order valence-electron chi connectivity index (χ2n) is 7.78. The third-order valence-corrected chi connectivity index (χ3v) is 6.58. The van der Waals surface area contributed by atoms with Gasteiger partial charge in [0.25, 0.3) is 0 Å². The lowest BCUT2D eigenvalue weighted by atomic mass is 10.1. The van der Waals surface area contributed by atoms with Crippen LogP contribution in [-0.2, 0) is 26.0 Å². The molecule has 7 nitrogen and oxygen atoms in total. The third-order valence-electron chi connectivity index (χ3n) is 5.38. The van der Waals surface area contributed by atoms with Crippen LogP contribution >= 0.6 is 0 Å². The largest absolute Gasteiger partial charge is 0.357 e. The van der Waals surface area contributed by atoms with Crippen molar-refractivity contribution in [1.29, 1.82) is 0 Å². The van der Waals surface area contributed by atoms with Crippen LogP contribution in [0.15, 0.2) is 54.6 Å². The molecule has 2 aromatic rings. The SMILES string of the molecule is CC[C@@H](C(=O)NC)N(CCc1ccccc1)C(=O)CCCN(c1ccc(F)cc1)S(C)(=O)=O. The van der Waals surface area contributed by atoms with E-state index >= 15 is 0 Å². The molecule has 2 amide bonds. The van der Waals surface area contributed by atoms with Crippen LogP contribution in [0.3, 0.4) is 0 Å². The first-order valence-corrected chi connectivity index (χ1v) is 12.8. The van der Waals surface area contributed by atoms with Crippen molar-refractivity contribution in [2.24, 2.45) is 0 Å². The van der Waals surface area contributed by atoms with Gasteiger partial charge < -0.3 is 10.2 Å². The number of carbonyl (C=O) groups excluding carboxylic acids is 2. The van der Waals surface area contributed by atoms with Crippen LogP contribution in [0.1, 0.15) is 31.7 Å². The molecule has 33 heavy (non-hydrogen) atoms. The Hall–Kier alpha value is -2.94. The van der Waals surface area contributed by atoms with Crippen molar-refractivity contribution in [1.82, 2.24) is 10.2 Å². The molecule has 0 saturated heterocycles. The second-order valence-corrected chi connectivity index (χ2v) is 9.68. The molecule has 2 aromatic carbocycles. The van der Waals surface area contributed by atoms with Crippen molar-refractivity contribution in [3.05, 3.63) is 66.0 Å². The molecule has 0 aliphatic heterocycles. The molecular formula is C24H32FN3O4S. The van der Waals surface area contributed by atoms with Gasteiger partial charge in [-0.05, 0) is 49.1 Å². The maximum atomic E-state index is 13.2. The fraction of sp³-hybridized carbons (Fsp3) is 0.417. The number of likely N-dealkylation sites (N-methyl/N-ethyl adjacent to an activating group) is 1. The minimum atomic E-state index is -3.61. The molecule has 0 fully saturated rings. The standard InChI is InChI=1S/C24H32FN3O4S/c1-4-22(24(30)26-2)27(18-16-19-9-6-5-7-10-19)23(29)11-8-17-28(33(3,31)32)21-14-12-20(25)13-15-21/h5-7,9-10,12-15,22H,4,8,11,16-18H2,1-3H3,(H,26,30)/t22-/m0/s1. The van der Waals surface area contributed by atoms with Gasteiger partial charge in [-0.15, -0.1) is 0 Å². The predicted octanol–water partition coefficient (Wildman–Crippen LogP) is 2.97. The van der Waals surface area contributed by atoms with Gasteiger partial charge in [-0.25, -0.2) is 12.8 Å². The summed E-state index contributed by atoms with van der Waals surface area (Å²) >= 11 is 0. The predicted molar refractivity (Wildman–Crippen MR) is 128 cm³/mol. The molecule has 0 unspecified atom stereocenters. The fourth-order valence-electron chi connectivity index (χ4n) is 3.67. The van der Waals surface area contributed by atoms with Gasteiger partial charge in [0.2, 0.25) is 21.8 Å². The Labute approximate surface area is 195 Å². The Kier molecular flexibility index (Phi) is 9.84. The zero-order chi connectivity index (χ0) is 24.4. The van der Waals surface area contributed by atoms with Crippen molar-refractivity contribution < 1.29 is 22.4 Å². The van der Waals surface area contributed by atoms with E-state index in [4.69, 9.17) is 0 Å². The first-order chi connectivity index (χ1) is 15.7. The molecule has 0 radical (unpaired) electrons. The number of anilines is 1. The molecule has 1 N–H and O–H groups in total. The average Bonchev–Trinajstić information content (AvgIpc) is 2.79. The molecule has 9 heteroatoms. The lowest BCUT2D eigenvalue weighted by Crippen LogP contribution is -2.49. The monoisotopic (exact) mass is 477 g/mol. The van der Waals surface area contributed by atoms with Crippen LogP contribution in [0.4, 0.5) is 10.1 Å². The lowest BCUT2D eigenvalue weighted by molar-refractivity contribution is -0.140. The van der Waals surface area contributed by atoms with E-state index in [1.165, 1.54) is 31.3 Å². The van der Waals surface area contributed by atoms with E-state index in [2.05, 4.69) is 5.32 Å². The minimum Gasteiger partial charge on any atom is -0.357 e. The highest BCUT2D eigenvalue weighted by atomic mass is 32.2. The summed E-state index contributed by atoms with van der Waals surface area (Å²) in [5.41, 5.74) is 1.39. The van der Waals surface area contributed by atoms with Gasteiger partial charge in [-0.2, -0.15) is 0 Å². The molecule has 0 spiro atoms. The van der Waals surface area contributed by atoms with Crippen molar-refractivity contribution in [2.75, 3.05) is 30.7 Å². The summed E-state index contributed by atoms with van der Waals surface area (Å²) in [5, 5.41) is 2.62. The number of nitrogens with one attached hydrogen (secondary N) is 1. The molecule has 2 rings (SSSR count). The van der Waals surface area contributed by atoms with Crippen LogP contribution in [0.25, 0.3) is 0 Å². The zero-order valence-electron chi connectivity index (χ0n) is 19.3. The fourth-order valence-corrected chi connectivity index (χ4v) is 4.64. The van der Waals surface area contributed by atoms with Crippen LogP contribution in [-0.4, -0.2) is 57.6 Å². The average molecular weight is 478 g/mol. The molecular weight excluding hydrogens is 445 g/mol. The van der Waals surface area contributed by atoms with Crippen molar-refractivity contribution in [3.63, 3.8) is 0 Å². The number of sulfonamides is 1. The number of amides is 2. The summed E-state index contributed by atoms with van der Waals surface area (Å²) in [6.07, 6.45) is 2.48. The Morgan fingerprint density at radius 1 is 1.03 bits per heavy atom. The molecule has 1 atom stereocenters. The van der Waals surface area contributed by atoms with Crippen molar-refractivity contribution >= 4 is 27.5 Å². The van der Waals surface area contributed by atoms with Gasteiger partial charge in [0.15, 0.2) is 0 Å². The van der Waals surface area contributed by atoms with Crippen LogP contribution in [0.2, 0.25) is 0 Å². The highest BCUT2D eigenvalue weighted by molar-refractivity contribution is 7.92. The Morgan fingerprint density at radius 3 is 2.21 bits per heavy atom. The minimum absolute atomic E-state index is 0.0689. The Balaban J connectivity index is 2.11. The van der Waals surface area contributed by atoms with Gasteiger partial charge in [-0.3, -0.25) is 13.9 Å². The normalized spacial score (nSPS) is 12.1. The molecule has 0 heterocycles. The number of carbonyl (C=O) groups is 2. The van der Waals surface area contributed by atoms with Gasteiger partial charge in [0, 0.05) is 26.6 Å². The van der Waals surface area contributed by atoms with Gasteiger partial charge in [0.1, 0.15) is 11.9 Å². The van der Waals surface area contributed by atoms with E-state index in [0.29, 0.717) is 25.1 Å². The summed E-state index contributed by atoms with van der Waals surface area (Å²) in [4.78, 5) is 27.1. The zero-order valence-corrected chi connectivity index (χ0v) is 20.1. The van der Waals surface area contributed by atoms with E-state index in [1.54, 1.807) is 4.90 Å². The van der Waals surface area contributed by atoms with E-state index in [0.717, 1.165) is 16.1 Å². The molecule has 0 aromatic heterocycles. The molecule has 0 saturated carbocycles. The van der Waals surface area contributed by atoms with Crippen LogP contribution in [0.5, 0.6) is 0 Å². The smallest absolute Gasteiger partial charge is 0.242 e. The molecule has 0 aliphatic carbocycles. The number of benzene rings is 2. The van der Waals surface area contributed by atoms with Crippen molar-refractivity contribution in [3.8, 4) is 0 Å². The summed E-state index contributed by atoms with van der Waals surface area (Å²) in [6, 6.07) is 14.3. The number of hydrogen-bond donors (Lipinski definition) is 1. The van der Waals surface area contributed by atoms with Gasteiger partial charge >= 0.3 is 0 Å². The number of rotatable bonds is 12. The summed E-state index contributed by atoms with van der Waals surface area (Å²) < 4.78 is 38.9. The summed E-state index contributed by atoms with van der Waals surface area (Å²) in [7, 11) is -2.07. The quantitative estimate of drug-likeness (QED) is 0.509. The second kappa shape index (κ2) is 12.3. The Morgan fingerprint density at radius 2 is 1.67 bits per heavy atom. The lowest BCUT2D eigenvalue weighted by Gasteiger charge is -2.30. The van der Waals surface area contributed by atoms with Crippen molar-refractivity contribution in [2.45, 2.75) is 38.6 Å². The number of halogens is 1. The molecule has 180 valence electrons. The first-order valence-electron chi connectivity index (χ1n) is 11.0. The van der Waals surface area contributed by atoms with E-state index in [-0.39, 0.29) is 31.2 Å². The van der Waals surface area contributed by atoms with E-state index in [1.807, 2.05) is 37.3 Å². The number of nitrogens with zero attached hydrogens (tertiary/aromatic N) is 2. The first kappa shape index (κ1) is 26.3. The van der Waals surface area contributed by atoms with Gasteiger partial charge in [-0.1, -0.05) is 37.3 Å². The maximum Gasteiger partial charge on any atom is 0.242 e. The van der Waals surface area contributed by atoms with Gasteiger partial charge in [0.05, 0.1) is 11.9 Å². The molecule has 0 aliphatic rings. The third kappa shape index (κ3) is 7.85.